The highest BCUT2D eigenvalue weighted by molar-refractivity contribution is 5.85. The Morgan fingerprint density at radius 1 is 1.17 bits per heavy atom. The van der Waals surface area contributed by atoms with Gasteiger partial charge < -0.3 is 9.67 Å². The highest BCUT2D eigenvalue weighted by atomic mass is 19.1. The summed E-state index contributed by atoms with van der Waals surface area (Å²) in [7, 11) is 0. The molecule has 0 fully saturated rings. The van der Waals surface area contributed by atoms with Crippen LogP contribution < -0.4 is 5.43 Å². The van der Waals surface area contributed by atoms with E-state index in [2.05, 4.69) is 0 Å². The van der Waals surface area contributed by atoms with E-state index in [-0.39, 0.29) is 12.0 Å². The topological polar surface area (TPSA) is 59.3 Å². The normalized spacial score (nSPS) is 10.9. The highest BCUT2D eigenvalue weighted by Gasteiger charge is 2.12. The molecule has 0 saturated heterocycles. The number of aromatic nitrogens is 1. The fourth-order valence-corrected chi connectivity index (χ4v) is 2.61. The van der Waals surface area contributed by atoms with Crippen molar-refractivity contribution in [3.63, 3.8) is 0 Å². The molecule has 0 bridgehead atoms. The van der Waals surface area contributed by atoms with Gasteiger partial charge in [-0.15, -0.1) is 0 Å². The summed E-state index contributed by atoms with van der Waals surface area (Å²) >= 11 is 0. The van der Waals surface area contributed by atoms with Crippen LogP contribution in [0.25, 0.3) is 22.0 Å². The van der Waals surface area contributed by atoms with E-state index in [1.54, 1.807) is 12.1 Å². The van der Waals surface area contributed by atoms with Crippen LogP contribution in [0.5, 0.6) is 0 Å². The summed E-state index contributed by atoms with van der Waals surface area (Å²) in [5.74, 6) is -1.39. The number of benzene rings is 2. The van der Waals surface area contributed by atoms with Gasteiger partial charge in [-0.25, -0.2) is 4.39 Å². The van der Waals surface area contributed by atoms with Crippen LogP contribution >= 0.6 is 0 Å². The minimum absolute atomic E-state index is 0.201. The molecule has 0 atom stereocenters. The SMILES string of the molecule is Cc1ccc2c(=O)c(-c3ccc(F)cc3)cn(CC(=O)O)c2c1. The molecular weight excluding hydrogens is 297 g/mol. The van der Waals surface area contributed by atoms with Crippen LogP contribution in [0.1, 0.15) is 5.56 Å². The summed E-state index contributed by atoms with van der Waals surface area (Å²) in [4.78, 5) is 23.8. The number of rotatable bonds is 3. The largest absolute Gasteiger partial charge is 0.480 e. The second-order valence-electron chi connectivity index (χ2n) is 5.42. The molecule has 116 valence electrons. The molecule has 3 rings (SSSR count). The van der Waals surface area contributed by atoms with Crippen molar-refractivity contribution in [2.75, 3.05) is 0 Å². The Morgan fingerprint density at radius 2 is 1.87 bits per heavy atom. The zero-order valence-corrected chi connectivity index (χ0v) is 12.4. The fourth-order valence-electron chi connectivity index (χ4n) is 2.61. The average Bonchev–Trinajstić information content (AvgIpc) is 2.50. The van der Waals surface area contributed by atoms with Gasteiger partial charge in [0, 0.05) is 17.1 Å². The first-order valence-corrected chi connectivity index (χ1v) is 7.07. The van der Waals surface area contributed by atoms with Crippen molar-refractivity contribution in [3.8, 4) is 11.1 Å². The van der Waals surface area contributed by atoms with Crippen LogP contribution in [0.4, 0.5) is 4.39 Å². The molecule has 1 N–H and O–H groups in total. The maximum Gasteiger partial charge on any atom is 0.323 e. The van der Waals surface area contributed by atoms with E-state index in [0.29, 0.717) is 22.0 Å². The van der Waals surface area contributed by atoms with Gasteiger partial charge in [0.15, 0.2) is 5.43 Å². The molecule has 0 spiro atoms. The minimum Gasteiger partial charge on any atom is -0.480 e. The smallest absolute Gasteiger partial charge is 0.323 e. The molecular formula is C18H14FNO3. The van der Waals surface area contributed by atoms with E-state index in [9.17, 15) is 14.0 Å². The molecule has 0 saturated carbocycles. The first-order valence-electron chi connectivity index (χ1n) is 7.07. The van der Waals surface area contributed by atoms with Gasteiger partial charge in [-0.3, -0.25) is 9.59 Å². The summed E-state index contributed by atoms with van der Waals surface area (Å²) in [5, 5.41) is 9.56. The van der Waals surface area contributed by atoms with Crippen molar-refractivity contribution < 1.29 is 14.3 Å². The lowest BCUT2D eigenvalue weighted by Crippen LogP contribution is -2.16. The van der Waals surface area contributed by atoms with E-state index < -0.39 is 11.8 Å². The number of nitrogens with zero attached hydrogens (tertiary/aromatic N) is 1. The molecule has 0 aliphatic carbocycles. The Labute approximate surface area is 131 Å². The molecule has 3 aromatic rings. The van der Waals surface area contributed by atoms with Gasteiger partial charge in [0.2, 0.25) is 0 Å². The molecule has 1 heterocycles. The minimum atomic E-state index is -0.999. The number of pyridine rings is 1. The lowest BCUT2D eigenvalue weighted by atomic mass is 10.0. The maximum absolute atomic E-state index is 13.1. The van der Waals surface area contributed by atoms with Gasteiger partial charge in [0.05, 0.1) is 5.52 Å². The summed E-state index contributed by atoms with van der Waals surface area (Å²) in [5.41, 5.74) is 2.21. The van der Waals surface area contributed by atoms with Crippen LogP contribution in [0.2, 0.25) is 0 Å². The number of hydrogen-bond acceptors (Lipinski definition) is 2. The standard InChI is InChI=1S/C18H14FNO3/c1-11-2-7-14-16(8-11)20(10-17(21)22)9-15(18(14)23)12-3-5-13(19)6-4-12/h2-9H,10H2,1H3,(H,21,22). The van der Waals surface area contributed by atoms with Crippen LogP contribution in [-0.2, 0) is 11.3 Å². The zero-order chi connectivity index (χ0) is 16.6. The van der Waals surface area contributed by atoms with Gasteiger partial charge in [-0.2, -0.15) is 0 Å². The number of halogens is 1. The van der Waals surface area contributed by atoms with Crippen LogP contribution in [-0.4, -0.2) is 15.6 Å². The molecule has 4 nitrogen and oxygen atoms in total. The first-order chi connectivity index (χ1) is 11.0. The van der Waals surface area contributed by atoms with Crippen molar-refractivity contribution in [1.29, 1.82) is 0 Å². The van der Waals surface area contributed by atoms with E-state index in [1.165, 1.54) is 35.0 Å². The summed E-state index contributed by atoms with van der Waals surface area (Å²) in [6.07, 6.45) is 1.52. The fraction of sp³-hybridized carbons (Fsp3) is 0.111. The van der Waals surface area contributed by atoms with E-state index in [0.717, 1.165) is 5.56 Å². The summed E-state index contributed by atoms with van der Waals surface area (Å²) in [6, 6.07) is 10.9. The van der Waals surface area contributed by atoms with Crippen molar-refractivity contribution in [2.24, 2.45) is 0 Å². The predicted octanol–water partition coefficient (Wildman–Crippen LogP) is 3.20. The lowest BCUT2D eigenvalue weighted by molar-refractivity contribution is -0.137. The number of carboxylic acids is 1. The number of carboxylic acid groups (broad SMARTS) is 1. The third-order valence-corrected chi connectivity index (χ3v) is 3.70. The molecule has 0 aliphatic rings. The van der Waals surface area contributed by atoms with Crippen LogP contribution in [0, 0.1) is 12.7 Å². The third kappa shape index (κ3) is 2.85. The Bertz CT molecular complexity index is 958. The Morgan fingerprint density at radius 3 is 2.52 bits per heavy atom. The van der Waals surface area contributed by atoms with Crippen LogP contribution in [0.15, 0.2) is 53.5 Å². The molecule has 0 aliphatic heterocycles. The molecule has 0 amide bonds. The predicted molar refractivity (Wildman–Crippen MR) is 86.0 cm³/mol. The number of aryl methyl sites for hydroxylation is 1. The Kier molecular flexibility index (Phi) is 3.70. The number of fused-ring (bicyclic) bond motifs is 1. The van der Waals surface area contributed by atoms with Gasteiger partial charge in [0.1, 0.15) is 12.4 Å². The molecule has 0 radical (unpaired) electrons. The highest BCUT2D eigenvalue weighted by Crippen LogP contribution is 2.21. The number of aliphatic carboxylic acids is 1. The van der Waals surface area contributed by atoms with Gasteiger partial charge >= 0.3 is 5.97 Å². The molecule has 5 heteroatoms. The Balaban J connectivity index is 2.33. The Hall–Kier alpha value is -2.95. The van der Waals surface area contributed by atoms with E-state index >= 15 is 0 Å². The third-order valence-electron chi connectivity index (χ3n) is 3.70. The number of carbonyl (C=O) groups is 1. The molecule has 1 aromatic heterocycles. The molecule has 23 heavy (non-hydrogen) atoms. The zero-order valence-electron chi connectivity index (χ0n) is 12.4. The first kappa shape index (κ1) is 15.0. The van der Waals surface area contributed by atoms with E-state index in [1.807, 2.05) is 13.0 Å². The molecule has 2 aromatic carbocycles. The van der Waals surface area contributed by atoms with Crippen molar-refractivity contribution in [3.05, 3.63) is 70.3 Å². The van der Waals surface area contributed by atoms with Crippen molar-refractivity contribution in [2.45, 2.75) is 13.5 Å². The van der Waals surface area contributed by atoms with Gasteiger partial charge in [-0.1, -0.05) is 18.2 Å². The second-order valence-corrected chi connectivity index (χ2v) is 5.42. The number of hydrogen-bond donors (Lipinski definition) is 1. The lowest BCUT2D eigenvalue weighted by Gasteiger charge is -2.12. The second kappa shape index (κ2) is 5.68. The van der Waals surface area contributed by atoms with Crippen molar-refractivity contribution >= 4 is 16.9 Å². The molecule has 0 unspecified atom stereocenters. The van der Waals surface area contributed by atoms with Gasteiger partial charge in [0.25, 0.3) is 0 Å². The summed E-state index contributed by atoms with van der Waals surface area (Å²) < 4.78 is 14.6. The van der Waals surface area contributed by atoms with E-state index in [4.69, 9.17) is 5.11 Å². The quantitative estimate of drug-likeness (QED) is 0.808. The monoisotopic (exact) mass is 311 g/mol. The summed E-state index contributed by atoms with van der Waals surface area (Å²) in [6.45, 7) is 1.62. The van der Waals surface area contributed by atoms with Crippen molar-refractivity contribution in [1.82, 2.24) is 4.57 Å². The maximum atomic E-state index is 13.1. The average molecular weight is 311 g/mol. The van der Waals surface area contributed by atoms with Gasteiger partial charge in [-0.05, 0) is 42.3 Å². The van der Waals surface area contributed by atoms with Crippen LogP contribution in [0.3, 0.4) is 0 Å².